The van der Waals surface area contributed by atoms with Crippen molar-refractivity contribution < 1.29 is 4.39 Å². The van der Waals surface area contributed by atoms with E-state index in [1.807, 2.05) is 13.0 Å². The Morgan fingerprint density at radius 1 is 1.40 bits per heavy atom. The normalized spacial score (nSPS) is 28.6. The fourth-order valence-corrected chi connectivity index (χ4v) is 3.81. The van der Waals surface area contributed by atoms with E-state index < -0.39 is 0 Å². The Morgan fingerprint density at radius 2 is 2.10 bits per heavy atom. The summed E-state index contributed by atoms with van der Waals surface area (Å²) >= 11 is 0. The van der Waals surface area contributed by atoms with Gasteiger partial charge in [0, 0.05) is 11.6 Å². The molecule has 0 spiro atoms. The third kappa shape index (κ3) is 2.75. The van der Waals surface area contributed by atoms with Gasteiger partial charge in [-0.15, -0.1) is 0 Å². The highest BCUT2D eigenvalue weighted by Crippen LogP contribution is 2.43. The molecule has 0 amide bonds. The Labute approximate surface area is 122 Å². The first-order valence-electron chi connectivity index (χ1n) is 7.56. The van der Waals surface area contributed by atoms with Crippen LogP contribution in [0.2, 0.25) is 0 Å². The van der Waals surface area contributed by atoms with Gasteiger partial charge in [0.15, 0.2) is 0 Å². The van der Waals surface area contributed by atoms with Crippen LogP contribution >= 0.6 is 0 Å². The molecule has 1 aromatic carbocycles. The molecule has 3 unspecified atom stereocenters. The summed E-state index contributed by atoms with van der Waals surface area (Å²) in [4.78, 5) is 2.29. The van der Waals surface area contributed by atoms with E-state index in [0.717, 1.165) is 24.0 Å². The van der Waals surface area contributed by atoms with Gasteiger partial charge in [0.05, 0.1) is 0 Å². The molecule has 0 aliphatic heterocycles. The standard InChI is InChI=1S/C17H27FN2/c1-12-6-5-9-17(11-12,20(3)4)16(19)15-8-7-14(18)10-13(15)2/h7-8,10,12,16H,5-6,9,11,19H2,1-4H3. The SMILES string of the molecule is Cc1cc(F)ccc1C(N)C1(N(C)C)CCCC(C)C1. The zero-order valence-electron chi connectivity index (χ0n) is 13.1. The monoisotopic (exact) mass is 278 g/mol. The molecule has 0 radical (unpaired) electrons. The minimum absolute atomic E-state index is 0.0136. The van der Waals surface area contributed by atoms with Gasteiger partial charge in [-0.3, -0.25) is 0 Å². The minimum Gasteiger partial charge on any atom is -0.322 e. The van der Waals surface area contributed by atoms with Crippen molar-refractivity contribution in [3.8, 4) is 0 Å². The van der Waals surface area contributed by atoms with Crippen LogP contribution in [0, 0.1) is 18.7 Å². The van der Waals surface area contributed by atoms with Crippen LogP contribution in [0.5, 0.6) is 0 Å². The lowest BCUT2D eigenvalue weighted by atomic mass is 9.69. The van der Waals surface area contributed by atoms with Crippen LogP contribution in [-0.4, -0.2) is 24.5 Å². The van der Waals surface area contributed by atoms with Crippen LogP contribution in [0.25, 0.3) is 0 Å². The second-order valence-electron chi connectivity index (χ2n) is 6.68. The zero-order chi connectivity index (χ0) is 14.9. The molecule has 2 N–H and O–H groups in total. The van der Waals surface area contributed by atoms with Gasteiger partial charge in [-0.2, -0.15) is 0 Å². The van der Waals surface area contributed by atoms with Crippen LogP contribution in [0.3, 0.4) is 0 Å². The third-order valence-electron chi connectivity index (χ3n) is 5.05. The van der Waals surface area contributed by atoms with Gasteiger partial charge in [0.1, 0.15) is 5.82 Å². The second kappa shape index (κ2) is 5.82. The maximum atomic E-state index is 13.3. The maximum Gasteiger partial charge on any atom is 0.123 e. The second-order valence-corrected chi connectivity index (χ2v) is 6.68. The number of hydrogen-bond donors (Lipinski definition) is 1. The Balaban J connectivity index is 2.38. The lowest BCUT2D eigenvalue weighted by molar-refractivity contribution is 0.0497. The Hall–Kier alpha value is -0.930. The molecule has 0 bridgehead atoms. The summed E-state index contributed by atoms with van der Waals surface area (Å²) in [7, 11) is 4.24. The zero-order valence-corrected chi connectivity index (χ0v) is 13.1. The highest BCUT2D eigenvalue weighted by molar-refractivity contribution is 5.32. The Kier molecular flexibility index (Phi) is 4.50. The maximum absolute atomic E-state index is 13.3. The summed E-state index contributed by atoms with van der Waals surface area (Å²) in [5.74, 6) is 0.507. The largest absolute Gasteiger partial charge is 0.322 e. The first-order valence-corrected chi connectivity index (χ1v) is 7.56. The topological polar surface area (TPSA) is 29.3 Å². The predicted molar refractivity (Wildman–Crippen MR) is 82.1 cm³/mol. The third-order valence-corrected chi connectivity index (χ3v) is 5.05. The number of nitrogens with two attached hydrogens (primary N) is 1. The predicted octanol–water partition coefficient (Wildman–Crippen LogP) is 3.64. The van der Waals surface area contributed by atoms with Crippen LogP contribution in [0.15, 0.2) is 18.2 Å². The lowest BCUT2D eigenvalue weighted by Gasteiger charge is -2.49. The van der Waals surface area contributed by atoms with Crippen molar-refractivity contribution in [2.75, 3.05) is 14.1 Å². The molecule has 2 nitrogen and oxygen atoms in total. The van der Waals surface area contributed by atoms with Crippen molar-refractivity contribution in [2.24, 2.45) is 11.7 Å². The fraction of sp³-hybridized carbons (Fsp3) is 0.647. The van der Waals surface area contributed by atoms with E-state index in [0.29, 0.717) is 5.92 Å². The number of nitrogens with zero attached hydrogens (tertiary/aromatic N) is 1. The number of benzene rings is 1. The van der Waals surface area contributed by atoms with Crippen LogP contribution < -0.4 is 5.73 Å². The van der Waals surface area contributed by atoms with Crippen molar-refractivity contribution in [3.63, 3.8) is 0 Å². The van der Waals surface area contributed by atoms with Gasteiger partial charge in [-0.1, -0.05) is 25.8 Å². The van der Waals surface area contributed by atoms with E-state index in [9.17, 15) is 4.39 Å². The highest BCUT2D eigenvalue weighted by atomic mass is 19.1. The number of hydrogen-bond acceptors (Lipinski definition) is 2. The molecule has 0 heterocycles. The number of aryl methyl sites for hydroxylation is 1. The van der Waals surface area contributed by atoms with E-state index in [-0.39, 0.29) is 17.4 Å². The molecule has 2 rings (SSSR count). The van der Waals surface area contributed by atoms with Crippen molar-refractivity contribution in [1.29, 1.82) is 0 Å². The van der Waals surface area contributed by atoms with Crippen molar-refractivity contribution in [2.45, 2.75) is 51.1 Å². The molecule has 1 aliphatic rings. The molecular weight excluding hydrogens is 251 g/mol. The molecule has 112 valence electrons. The minimum atomic E-state index is -0.186. The number of rotatable bonds is 3. The smallest absolute Gasteiger partial charge is 0.123 e. The quantitative estimate of drug-likeness (QED) is 0.914. The number of likely N-dealkylation sites (N-methyl/N-ethyl adjacent to an activating group) is 1. The highest BCUT2D eigenvalue weighted by Gasteiger charge is 2.43. The van der Waals surface area contributed by atoms with Crippen LogP contribution in [0.1, 0.15) is 49.8 Å². The summed E-state index contributed by atoms with van der Waals surface area (Å²) in [6.07, 6.45) is 4.72. The molecule has 20 heavy (non-hydrogen) atoms. The summed E-state index contributed by atoms with van der Waals surface area (Å²) in [5.41, 5.74) is 8.67. The van der Waals surface area contributed by atoms with E-state index >= 15 is 0 Å². The average molecular weight is 278 g/mol. The molecule has 1 aromatic rings. The van der Waals surface area contributed by atoms with E-state index in [2.05, 4.69) is 25.9 Å². The van der Waals surface area contributed by atoms with Gasteiger partial charge in [-0.25, -0.2) is 4.39 Å². The van der Waals surface area contributed by atoms with Crippen molar-refractivity contribution >= 4 is 0 Å². The summed E-state index contributed by atoms with van der Waals surface area (Å²) in [5, 5.41) is 0. The first kappa shape index (κ1) is 15.5. The van der Waals surface area contributed by atoms with Gasteiger partial charge in [0.25, 0.3) is 0 Å². The van der Waals surface area contributed by atoms with E-state index in [1.54, 1.807) is 6.07 Å². The van der Waals surface area contributed by atoms with Crippen LogP contribution in [0.4, 0.5) is 4.39 Å². The van der Waals surface area contributed by atoms with Crippen LogP contribution in [-0.2, 0) is 0 Å². The van der Waals surface area contributed by atoms with Crippen molar-refractivity contribution in [1.82, 2.24) is 4.90 Å². The fourth-order valence-electron chi connectivity index (χ4n) is 3.81. The number of halogens is 1. The average Bonchev–Trinajstić information content (AvgIpc) is 2.37. The molecule has 1 fully saturated rings. The Morgan fingerprint density at radius 3 is 2.65 bits per heavy atom. The molecule has 1 aliphatic carbocycles. The summed E-state index contributed by atoms with van der Waals surface area (Å²) in [6.45, 7) is 4.26. The molecule has 0 aromatic heterocycles. The van der Waals surface area contributed by atoms with Gasteiger partial charge in [-0.05, 0) is 63.0 Å². The van der Waals surface area contributed by atoms with E-state index in [1.165, 1.54) is 18.9 Å². The Bertz CT molecular complexity index is 472. The molecule has 0 saturated heterocycles. The molecule has 1 saturated carbocycles. The lowest BCUT2D eigenvalue weighted by Crippen LogP contribution is -2.54. The molecular formula is C17H27FN2. The molecule has 3 heteroatoms. The van der Waals surface area contributed by atoms with Gasteiger partial charge >= 0.3 is 0 Å². The van der Waals surface area contributed by atoms with E-state index in [4.69, 9.17) is 5.73 Å². The van der Waals surface area contributed by atoms with Gasteiger partial charge in [0.2, 0.25) is 0 Å². The summed E-state index contributed by atoms with van der Waals surface area (Å²) in [6, 6.07) is 4.91. The molecule has 3 atom stereocenters. The summed E-state index contributed by atoms with van der Waals surface area (Å²) < 4.78 is 13.3. The van der Waals surface area contributed by atoms with Gasteiger partial charge < -0.3 is 10.6 Å². The van der Waals surface area contributed by atoms with Crippen molar-refractivity contribution in [3.05, 3.63) is 35.1 Å². The first-order chi connectivity index (χ1) is 9.36.